The molecule has 1 amide bonds. The average Bonchev–Trinajstić information content (AvgIpc) is 3.48. The zero-order valence-corrected chi connectivity index (χ0v) is 23.5. The molecule has 0 saturated carbocycles. The minimum Gasteiger partial charge on any atom is -0.494 e. The first kappa shape index (κ1) is 27.7. The van der Waals surface area contributed by atoms with Gasteiger partial charge in [-0.15, -0.1) is 0 Å². The summed E-state index contributed by atoms with van der Waals surface area (Å²) >= 11 is 6.24. The molecule has 210 valence electrons. The number of methoxy groups -OCH3 is 1. The number of hydroxylamine groups is 1. The molecule has 40 heavy (non-hydrogen) atoms. The minimum absolute atomic E-state index is 0.0239. The number of aromatic nitrogens is 2. The van der Waals surface area contributed by atoms with E-state index >= 15 is 0 Å². The molecular weight excluding hydrogens is 530 g/mol. The molecule has 2 aromatic carbocycles. The van der Waals surface area contributed by atoms with E-state index in [1.807, 2.05) is 42.5 Å². The van der Waals surface area contributed by atoms with Crippen LogP contribution in [0.1, 0.15) is 24.9 Å². The number of amides is 1. The molecular formula is C29H34ClN7O3. The fourth-order valence-electron chi connectivity index (χ4n) is 5.07. The Morgan fingerprint density at radius 1 is 1.18 bits per heavy atom. The summed E-state index contributed by atoms with van der Waals surface area (Å²) < 4.78 is 5.77. The summed E-state index contributed by atoms with van der Waals surface area (Å²) in [5.41, 5.74) is 3.26. The number of halogens is 1. The number of rotatable bonds is 9. The van der Waals surface area contributed by atoms with Crippen LogP contribution in [-0.2, 0) is 9.63 Å². The zero-order valence-electron chi connectivity index (χ0n) is 22.8. The Morgan fingerprint density at radius 2 is 2.00 bits per heavy atom. The van der Waals surface area contributed by atoms with Gasteiger partial charge >= 0.3 is 0 Å². The third kappa shape index (κ3) is 6.14. The van der Waals surface area contributed by atoms with Crippen LogP contribution < -0.4 is 25.3 Å². The Bertz CT molecular complexity index is 1360. The van der Waals surface area contributed by atoms with Gasteiger partial charge in [-0.2, -0.15) is 0 Å². The van der Waals surface area contributed by atoms with E-state index in [1.54, 1.807) is 12.2 Å². The smallest absolute Gasteiger partial charge is 0.247 e. The lowest BCUT2D eigenvalue weighted by atomic mass is 10.0. The molecule has 3 aromatic rings. The first-order chi connectivity index (χ1) is 19.5. The molecule has 0 radical (unpaired) electrons. The third-order valence-corrected chi connectivity index (χ3v) is 7.44. The number of likely N-dealkylation sites (N-methyl/N-ethyl adjacent to an activating group) is 1. The van der Waals surface area contributed by atoms with Crippen LogP contribution in [0.3, 0.4) is 0 Å². The summed E-state index contributed by atoms with van der Waals surface area (Å²) in [7, 11) is 1.63. The standard InChI is InChI=1S/C29H34ClN7O3/c1-4-29(38)34-22-16-23(26(39-3)17-25(22)36-12-10-35(5-2)11-13-36)33-27-18-28(32-19-31-27)37-24(9-14-40-37)20-7-6-8-21(30)15-20/h4,6-8,15-19,24H,1,5,9-14H2,2-3H3,(H,34,38)(H,31,32,33)/t24-/m1/s1. The van der Waals surface area contributed by atoms with E-state index in [2.05, 4.69) is 43.9 Å². The van der Waals surface area contributed by atoms with Crippen LogP contribution in [0.15, 0.2) is 61.4 Å². The Hall–Kier alpha value is -3.86. The molecule has 11 heteroatoms. The van der Waals surface area contributed by atoms with Crippen LogP contribution in [-0.4, -0.2) is 67.2 Å². The summed E-state index contributed by atoms with van der Waals surface area (Å²) in [6.45, 7) is 11.0. The van der Waals surface area contributed by atoms with Crippen molar-refractivity contribution in [3.05, 3.63) is 72.0 Å². The van der Waals surface area contributed by atoms with Crippen LogP contribution in [0.25, 0.3) is 0 Å². The van der Waals surface area contributed by atoms with E-state index < -0.39 is 0 Å². The summed E-state index contributed by atoms with van der Waals surface area (Å²) in [6.07, 6.45) is 3.56. The second-order valence-electron chi connectivity index (χ2n) is 9.59. The number of nitrogens with zero attached hydrogens (tertiary/aromatic N) is 5. The van der Waals surface area contributed by atoms with Crippen molar-refractivity contribution in [2.45, 2.75) is 19.4 Å². The predicted molar refractivity (Wildman–Crippen MR) is 159 cm³/mol. The summed E-state index contributed by atoms with van der Waals surface area (Å²) in [6, 6.07) is 13.4. The van der Waals surface area contributed by atoms with Gasteiger partial charge in [0, 0.05) is 49.8 Å². The molecule has 0 unspecified atom stereocenters. The summed E-state index contributed by atoms with van der Waals surface area (Å²) in [5, 5.41) is 8.78. The fourth-order valence-corrected chi connectivity index (χ4v) is 5.27. The maximum atomic E-state index is 12.3. The van der Waals surface area contributed by atoms with E-state index in [1.165, 1.54) is 12.4 Å². The maximum absolute atomic E-state index is 12.3. The van der Waals surface area contributed by atoms with E-state index in [-0.39, 0.29) is 11.9 Å². The predicted octanol–water partition coefficient (Wildman–Crippen LogP) is 5.03. The number of hydrogen-bond acceptors (Lipinski definition) is 9. The zero-order chi connectivity index (χ0) is 28.1. The number of ether oxygens (including phenoxy) is 1. The molecule has 2 N–H and O–H groups in total. The molecule has 3 heterocycles. The normalized spacial score (nSPS) is 17.5. The number of piperazine rings is 1. The van der Waals surface area contributed by atoms with Crippen molar-refractivity contribution < 1.29 is 14.4 Å². The van der Waals surface area contributed by atoms with Crippen molar-refractivity contribution in [2.75, 3.05) is 67.0 Å². The van der Waals surface area contributed by atoms with Gasteiger partial charge in [0.1, 0.15) is 17.9 Å². The van der Waals surface area contributed by atoms with Crippen LogP contribution in [0.4, 0.5) is 28.7 Å². The first-order valence-corrected chi connectivity index (χ1v) is 13.8. The molecule has 0 spiro atoms. The second kappa shape index (κ2) is 12.5. The van der Waals surface area contributed by atoms with Crippen molar-refractivity contribution in [2.24, 2.45) is 0 Å². The maximum Gasteiger partial charge on any atom is 0.247 e. The van der Waals surface area contributed by atoms with Gasteiger partial charge in [-0.1, -0.05) is 37.2 Å². The van der Waals surface area contributed by atoms with Gasteiger partial charge in [-0.3, -0.25) is 9.63 Å². The Balaban J connectivity index is 1.43. The van der Waals surface area contributed by atoms with Crippen molar-refractivity contribution in [3.63, 3.8) is 0 Å². The quantitative estimate of drug-likeness (QED) is 0.347. The Labute approximate surface area is 239 Å². The minimum atomic E-state index is -0.285. The highest BCUT2D eigenvalue weighted by atomic mass is 35.5. The third-order valence-electron chi connectivity index (χ3n) is 7.20. The molecule has 2 fully saturated rings. The van der Waals surface area contributed by atoms with Gasteiger partial charge in [-0.05, 0) is 36.4 Å². The molecule has 0 aliphatic carbocycles. The topological polar surface area (TPSA) is 95.1 Å². The van der Waals surface area contributed by atoms with Crippen LogP contribution in [0.2, 0.25) is 5.02 Å². The van der Waals surface area contributed by atoms with Gasteiger partial charge in [0.15, 0.2) is 5.82 Å². The SMILES string of the molecule is C=CC(=O)Nc1cc(Nc2cc(N3OCC[C@@H]3c3cccc(Cl)c3)ncn2)c(OC)cc1N1CCN(CC)CC1. The van der Waals surface area contributed by atoms with Gasteiger partial charge in [0.05, 0.1) is 36.8 Å². The van der Waals surface area contributed by atoms with E-state index in [0.717, 1.165) is 50.4 Å². The molecule has 2 aliphatic heterocycles. The highest BCUT2D eigenvalue weighted by Gasteiger charge is 2.29. The van der Waals surface area contributed by atoms with Crippen molar-refractivity contribution >= 4 is 46.2 Å². The van der Waals surface area contributed by atoms with Crippen LogP contribution in [0, 0.1) is 0 Å². The number of hydrogen-bond donors (Lipinski definition) is 2. The van der Waals surface area contributed by atoms with Gasteiger partial charge in [0.25, 0.3) is 0 Å². The summed E-state index contributed by atoms with van der Waals surface area (Å²) in [5.74, 6) is 1.50. The number of carbonyl (C=O) groups is 1. The van der Waals surface area contributed by atoms with E-state index in [9.17, 15) is 4.79 Å². The van der Waals surface area contributed by atoms with Crippen LogP contribution in [0.5, 0.6) is 5.75 Å². The monoisotopic (exact) mass is 563 g/mol. The number of benzene rings is 2. The lowest BCUT2D eigenvalue weighted by molar-refractivity contribution is -0.111. The van der Waals surface area contributed by atoms with Gasteiger partial charge < -0.3 is 25.2 Å². The van der Waals surface area contributed by atoms with Gasteiger partial charge in [-0.25, -0.2) is 15.0 Å². The first-order valence-electron chi connectivity index (χ1n) is 13.4. The number of nitrogens with one attached hydrogen (secondary N) is 2. The highest BCUT2D eigenvalue weighted by Crippen LogP contribution is 2.40. The largest absolute Gasteiger partial charge is 0.494 e. The fraction of sp³-hybridized carbons (Fsp3) is 0.345. The van der Waals surface area contributed by atoms with Crippen LogP contribution >= 0.6 is 11.6 Å². The lowest BCUT2D eigenvalue weighted by Crippen LogP contribution is -2.46. The van der Waals surface area contributed by atoms with Crippen molar-refractivity contribution in [1.82, 2.24) is 14.9 Å². The van der Waals surface area contributed by atoms with Gasteiger partial charge in [0.2, 0.25) is 5.91 Å². The van der Waals surface area contributed by atoms with Crippen molar-refractivity contribution in [1.29, 1.82) is 0 Å². The molecule has 10 nitrogen and oxygen atoms in total. The Kier molecular flexibility index (Phi) is 8.69. The molecule has 5 rings (SSSR count). The molecule has 2 aliphatic rings. The molecule has 0 bridgehead atoms. The molecule has 1 atom stereocenters. The van der Waals surface area contributed by atoms with E-state index in [0.29, 0.717) is 40.4 Å². The lowest BCUT2D eigenvalue weighted by Gasteiger charge is -2.36. The number of carbonyl (C=O) groups excluding carboxylic acids is 1. The summed E-state index contributed by atoms with van der Waals surface area (Å²) in [4.78, 5) is 31.9. The highest BCUT2D eigenvalue weighted by molar-refractivity contribution is 6.30. The van der Waals surface area contributed by atoms with Crippen molar-refractivity contribution in [3.8, 4) is 5.75 Å². The number of anilines is 5. The Morgan fingerprint density at radius 3 is 2.73 bits per heavy atom. The van der Waals surface area contributed by atoms with E-state index in [4.69, 9.17) is 21.2 Å². The molecule has 2 saturated heterocycles. The molecule has 1 aromatic heterocycles. The second-order valence-corrected chi connectivity index (χ2v) is 10.0. The average molecular weight is 564 g/mol.